The standard InChI is InChI=1S/C14H17N3O3/c1-3-12-11(9(2)20-15-12)8-17-13(18)6-7-16(14(17)19)10-4-5-10/h6-7,10H,3-5,8H2,1-2H3. The first-order chi connectivity index (χ1) is 9.61. The van der Waals surface area contributed by atoms with E-state index in [4.69, 9.17) is 4.52 Å². The van der Waals surface area contributed by atoms with Crippen LogP contribution in [0, 0.1) is 6.92 Å². The fraction of sp³-hybridized carbons (Fsp3) is 0.500. The molecule has 6 heteroatoms. The summed E-state index contributed by atoms with van der Waals surface area (Å²) in [5.41, 5.74) is 1.10. The number of nitrogens with zero attached hydrogens (tertiary/aromatic N) is 3. The van der Waals surface area contributed by atoms with Crippen LogP contribution in [0.5, 0.6) is 0 Å². The SMILES string of the molecule is CCc1noc(C)c1Cn1c(=O)ccn(C2CC2)c1=O. The highest BCUT2D eigenvalue weighted by Gasteiger charge is 2.25. The van der Waals surface area contributed by atoms with Gasteiger partial charge in [-0.1, -0.05) is 12.1 Å². The molecule has 2 aromatic rings. The topological polar surface area (TPSA) is 70.0 Å². The molecule has 0 N–H and O–H groups in total. The van der Waals surface area contributed by atoms with Crippen LogP contribution in [0.25, 0.3) is 0 Å². The summed E-state index contributed by atoms with van der Waals surface area (Å²) in [5, 5.41) is 3.96. The highest BCUT2D eigenvalue weighted by atomic mass is 16.5. The van der Waals surface area contributed by atoms with Gasteiger partial charge in [-0.3, -0.25) is 13.9 Å². The average Bonchev–Trinajstić information content (AvgIpc) is 3.20. The molecule has 0 unspecified atom stereocenters. The lowest BCUT2D eigenvalue weighted by Crippen LogP contribution is -2.39. The zero-order valence-electron chi connectivity index (χ0n) is 11.6. The van der Waals surface area contributed by atoms with Crippen LogP contribution in [0.3, 0.4) is 0 Å². The maximum atomic E-state index is 12.4. The molecule has 0 atom stereocenters. The monoisotopic (exact) mass is 275 g/mol. The van der Waals surface area contributed by atoms with Crippen LogP contribution in [-0.2, 0) is 13.0 Å². The van der Waals surface area contributed by atoms with Gasteiger partial charge < -0.3 is 4.52 Å². The third kappa shape index (κ3) is 2.11. The molecule has 0 radical (unpaired) electrons. The second-order valence-electron chi connectivity index (χ2n) is 5.18. The van der Waals surface area contributed by atoms with Crippen molar-refractivity contribution < 1.29 is 4.52 Å². The predicted molar refractivity (Wildman–Crippen MR) is 73.0 cm³/mol. The minimum absolute atomic E-state index is 0.226. The first-order valence-corrected chi connectivity index (χ1v) is 6.87. The number of aromatic nitrogens is 3. The Labute approximate surface area is 115 Å². The van der Waals surface area contributed by atoms with Crippen LogP contribution in [-0.4, -0.2) is 14.3 Å². The Bertz CT molecular complexity index is 750. The molecular weight excluding hydrogens is 258 g/mol. The molecule has 0 aromatic carbocycles. The first kappa shape index (κ1) is 12.9. The second kappa shape index (κ2) is 4.77. The van der Waals surface area contributed by atoms with Crippen molar-refractivity contribution >= 4 is 0 Å². The Balaban J connectivity index is 2.06. The second-order valence-corrected chi connectivity index (χ2v) is 5.18. The van der Waals surface area contributed by atoms with Crippen molar-refractivity contribution in [3.05, 3.63) is 50.1 Å². The maximum Gasteiger partial charge on any atom is 0.331 e. The smallest absolute Gasteiger partial charge is 0.331 e. The van der Waals surface area contributed by atoms with Crippen molar-refractivity contribution in [1.82, 2.24) is 14.3 Å². The highest BCUT2D eigenvalue weighted by Crippen LogP contribution is 2.32. The summed E-state index contributed by atoms with van der Waals surface area (Å²) in [7, 11) is 0. The van der Waals surface area contributed by atoms with Gasteiger partial charge in [0.2, 0.25) is 0 Å². The van der Waals surface area contributed by atoms with Crippen molar-refractivity contribution in [2.45, 2.75) is 45.7 Å². The van der Waals surface area contributed by atoms with Gasteiger partial charge in [0.25, 0.3) is 5.56 Å². The Hall–Kier alpha value is -2.11. The quantitative estimate of drug-likeness (QED) is 0.842. The molecule has 1 fully saturated rings. The fourth-order valence-corrected chi connectivity index (χ4v) is 2.38. The van der Waals surface area contributed by atoms with Crippen LogP contribution in [0.1, 0.15) is 42.8 Å². The van der Waals surface area contributed by atoms with E-state index in [2.05, 4.69) is 5.16 Å². The van der Waals surface area contributed by atoms with E-state index in [1.165, 1.54) is 10.6 Å². The molecule has 106 valence electrons. The summed E-state index contributed by atoms with van der Waals surface area (Å²) in [6, 6.07) is 1.71. The molecule has 1 aliphatic rings. The molecule has 6 nitrogen and oxygen atoms in total. The van der Waals surface area contributed by atoms with E-state index in [-0.39, 0.29) is 23.8 Å². The van der Waals surface area contributed by atoms with Gasteiger partial charge in [0.15, 0.2) is 0 Å². The lowest BCUT2D eigenvalue weighted by atomic mass is 10.1. The average molecular weight is 275 g/mol. The van der Waals surface area contributed by atoms with Gasteiger partial charge in [-0.05, 0) is 26.2 Å². The van der Waals surface area contributed by atoms with Crippen molar-refractivity contribution in [2.75, 3.05) is 0 Å². The van der Waals surface area contributed by atoms with Crippen LogP contribution in [0.15, 0.2) is 26.4 Å². The first-order valence-electron chi connectivity index (χ1n) is 6.87. The molecule has 1 saturated carbocycles. The number of rotatable bonds is 4. The largest absolute Gasteiger partial charge is 0.361 e. The minimum atomic E-state index is -0.283. The molecule has 0 amide bonds. The molecular formula is C14H17N3O3. The number of aryl methyl sites for hydroxylation is 2. The van der Waals surface area contributed by atoms with Crippen LogP contribution >= 0.6 is 0 Å². The van der Waals surface area contributed by atoms with E-state index in [0.717, 1.165) is 24.1 Å². The lowest BCUT2D eigenvalue weighted by molar-refractivity contribution is 0.390. The molecule has 0 saturated heterocycles. The summed E-state index contributed by atoms with van der Waals surface area (Å²) in [5.74, 6) is 0.662. The summed E-state index contributed by atoms with van der Waals surface area (Å²) in [6.07, 6.45) is 4.32. The predicted octanol–water partition coefficient (Wildman–Crippen LogP) is 1.25. The van der Waals surface area contributed by atoms with E-state index in [9.17, 15) is 9.59 Å². The van der Waals surface area contributed by atoms with Gasteiger partial charge in [0.05, 0.1) is 12.2 Å². The Morgan fingerprint density at radius 2 is 2.15 bits per heavy atom. The van der Waals surface area contributed by atoms with Crippen molar-refractivity contribution in [2.24, 2.45) is 0 Å². The summed E-state index contributed by atoms with van der Waals surface area (Å²) in [6.45, 7) is 4.00. The van der Waals surface area contributed by atoms with E-state index in [1.54, 1.807) is 17.7 Å². The van der Waals surface area contributed by atoms with E-state index in [0.29, 0.717) is 12.2 Å². The zero-order valence-corrected chi connectivity index (χ0v) is 11.6. The van der Waals surface area contributed by atoms with E-state index >= 15 is 0 Å². The fourth-order valence-electron chi connectivity index (χ4n) is 2.38. The van der Waals surface area contributed by atoms with Crippen LogP contribution in [0.2, 0.25) is 0 Å². The van der Waals surface area contributed by atoms with Crippen molar-refractivity contribution in [3.8, 4) is 0 Å². The van der Waals surface area contributed by atoms with Gasteiger partial charge in [0.1, 0.15) is 5.76 Å². The summed E-state index contributed by atoms with van der Waals surface area (Å²) in [4.78, 5) is 24.4. The van der Waals surface area contributed by atoms with Gasteiger partial charge in [-0.2, -0.15) is 0 Å². The van der Waals surface area contributed by atoms with Gasteiger partial charge in [0, 0.05) is 23.9 Å². The molecule has 1 aliphatic carbocycles. The zero-order chi connectivity index (χ0) is 14.3. The maximum absolute atomic E-state index is 12.4. The summed E-state index contributed by atoms with van der Waals surface area (Å²) >= 11 is 0. The number of hydrogen-bond donors (Lipinski definition) is 0. The molecule has 0 spiro atoms. The van der Waals surface area contributed by atoms with Gasteiger partial charge >= 0.3 is 5.69 Å². The molecule has 2 aromatic heterocycles. The minimum Gasteiger partial charge on any atom is -0.361 e. The molecule has 20 heavy (non-hydrogen) atoms. The normalized spacial score (nSPS) is 14.7. The summed E-state index contributed by atoms with van der Waals surface area (Å²) < 4.78 is 8.06. The third-order valence-electron chi connectivity index (χ3n) is 3.75. The van der Waals surface area contributed by atoms with Crippen molar-refractivity contribution in [1.29, 1.82) is 0 Å². The van der Waals surface area contributed by atoms with Crippen LogP contribution < -0.4 is 11.2 Å². The van der Waals surface area contributed by atoms with Gasteiger partial charge in [-0.25, -0.2) is 4.79 Å². The Kier molecular flexibility index (Phi) is 3.08. The molecule has 0 aliphatic heterocycles. The lowest BCUT2D eigenvalue weighted by Gasteiger charge is -2.09. The van der Waals surface area contributed by atoms with Crippen LogP contribution in [0.4, 0.5) is 0 Å². The Morgan fingerprint density at radius 3 is 2.80 bits per heavy atom. The Morgan fingerprint density at radius 1 is 1.40 bits per heavy atom. The molecule has 3 rings (SSSR count). The van der Waals surface area contributed by atoms with Crippen molar-refractivity contribution in [3.63, 3.8) is 0 Å². The third-order valence-corrected chi connectivity index (χ3v) is 3.75. The van der Waals surface area contributed by atoms with E-state index in [1.807, 2.05) is 6.92 Å². The van der Waals surface area contributed by atoms with Gasteiger partial charge in [-0.15, -0.1) is 0 Å². The molecule has 2 heterocycles. The molecule has 0 bridgehead atoms. The highest BCUT2D eigenvalue weighted by molar-refractivity contribution is 5.22. The van der Waals surface area contributed by atoms with E-state index < -0.39 is 0 Å². The number of hydrogen-bond acceptors (Lipinski definition) is 4.